The molecule has 248 valence electrons. The van der Waals surface area contributed by atoms with E-state index in [1.165, 1.54) is 66.8 Å². The van der Waals surface area contributed by atoms with E-state index >= 15 is 0 Å². The normalized spacial score (nSPS) is 12.6. The highest BCUT2D eigenvalue weighted by Gasteiger charge is 2.47. The lowest BCUT2D eigenvalue weighted by Crippen LogP contribution is -2.29. The van der Waals surface area contributed by atoms with Crippen molar-refractivity contribution in [2.24, 2.45) is 0 Å². The standard InChI is InChI=1S/C51H39N/c1-36-20-18-33-46(51(39-24-8-4-9-25-39)44-31-15-12-29-42(44)43-30-13-16-32-45(43)51)49(36)50-37(2)21-19-35-48(50)52(40-26-10-5-11-27-40)47-34-17-14-28-41(47)38-22-6-3-7-23-38/h3-35H,1-2H3. The average molecular weight is 666 g/mol. The van der Waals surface area contributed by atoms with Crippen LogP contribution in [0.15, 0.2) is 200 Å². The third-order valence-electron chi connectivity index (χ3n) is 10.8. The number of fused-ring (bicyclic) bond motifs is 3. The first kappa shape index (κ1) is 31.5. The van der Waals surface area contributed by atoms with Gasteiger partial charge in [0.1, 0.15) is 0 Å². The van der Waals surface area contributed by atoms with E-state index in [1.54, 1.807) is 0 Å². The predicted octanol–water partition coefficient (Wildman–Crippen LogP) is 13.5. The Labute approximate surface area is 307 Å². The number of para-hydroxylation sites is 2. The molecule has 0 fully saturated rings. The van der Waals surface area contributed by atoms with Gasteiger partial charge < -0.3 is 4.90 Å². The van der Waals surface area contributed by atoms with Gasteiger partial charge in [-0.25, -0.2) is 0 Å². The highest BCUT2D eigenvalue weighted by molar-refractivity contribution is 5.97. The lowest BCUT2D eigenvalue weighted by molar-refractivity contribution is 0.769. The van der Waals surface area contributed by atoms with Crippen molar-refractivity contribution in [3.63, 3.8) is 0 Å². The molecule has 0 N–H and O–H groups in total. The molecule has 1 aliphatic carbocycles. The zero-order valence-corrected chi connectivity index (χ0v) is 29.5. The molecule has 0 saturated carbocycles. The van der Waals surface area contributed by atoms with E-state index in [9.17, 15) is 0 Å². The lowest BCUT2D eigenvalue weighted by atomic mass is 9.65. The molecule has 0 spiro atoms. The minimum Gasteiger partial charge on any atom is -0.309 e. The molecule has 1 aliphatic rings. The first-order chi connectivity index (χ1) is 25.7. The Morgan fingerprint density at radius 1 is 0.346 bits per heavy atom. The number of aryl methyl sites for hydroxylation is 2. The molecule has 0 radical (unpaired) electrons. The maximum absolute atomic E-state index is 2.46. The molecule has 0 aliphatic heterocycles. The molecule has 52 heavy (non-hydrogen) atoms. The number of nitrogens with zero attached hydrogens (tertiary/aromatic N) is 1. The lowest BCUT2D eigenvalue weighted by Gasteiger charge is -2.37. The second-order valence-electron chi connectivity index (χ2n) is 13.7. The highest BCUT2D eigenvalue weighted by atomic mass is 15.1. The topological polar surface area (TPSA) is 3.24 Å². The fourth-order valence-corrected chi connectivity index (χ4v) is 8.67. The van der Waals surface area contributed by atoms with Gasteiger partial charge in [-0.05, 0) is 93.7 Å². The van der Waals surface area contributed by atoms with E-state index in [0.717, 1.165) is 17.1 Å². The Hall–Kier alpha value is -6.44. The van der Waals surface area contributed by atoms with Crippen molar-refractivity contribution >= 4 is 17.1 Å². The molecule has 1 nitrogen and oxygen atoms in total. The van der Waals surface area contributed by atoms with Crippen molar-refractivity contribution in [1.82, 2.24) is 0 Å². The number of benzene rings is 8. The molecule has 0 unspecified atom stereocenters. The van der Waals surface area contributed by atoms with Crippen LogP contribution >= 0.6 is 0 Å². The van der Waals surface area contributed by atoms with Gasteiger partial charge in [-0.2, -0.15) is 0 Å². The minimum absolute atomic E-state index is 0.533. The van der Waals surface area contributed by atoms with Crippen LogP contribution in [0.1, 0.15) is 33.4 Å². The van der Waals surface area contributed by atoms with E-state index in [0.29, 0.717) is 0 Å². The molecule has 0 atom stereocenters. The summed E-state index contributed by atoms with van der Waals surface area (Å²) in [6, 6.07) is 73.2. The molecule has 0 aromatic heterocycles. The summed E-state index contributed by atoms with van der Waals surface area (Å²) in [5, 5.41) is 0. The van der Waals surface area contributed by atoms with Crippen molar-refractivity contribution < 1.29 is 0 Å². The van der Waals surface area contributed by atoms with E-state index in [1.807, 2.05) is 0 Å². The first-order valence-corrected chi connectivity index (χ1v) is 18.1. The molecule has 0 heterocycles. The van der Waals surface area contributed by atoms with Crippen LogP contribution in [0.5, 0.6) is 0 Å². The third kappa shape index (κ3) is 4.93. The van der Waals surface area contributed by atoms with Gasteiger partial charge in [-0.3, -0.25) is 0 Å². The number of rotatable bonds is 7. The summed E-state index contributed by atoms with van der Waals surface area (Å²) in [5.74, 6) is 0. The van der Waals surface area contributed by atoms with Gasteiger partial charge in [0.25, 0.3) is 0 Å². The Morgan fingerprint density at radius 2 is 0.808 bits per heavy atom. The minimum atomic E-state index is -0.533. The Kier molecular flexibility index (Phi) is 7.90. The Morgan fingerprint density at radius 3 is 1.46 bits per heavy atom. The summed E-state index contributed by atoms with van der Waals surface area (Å²) >= 11 is 0. The van der Waals surface area contributed by atoms with Gasteiger partial charge in [0.05, 0.1) is 16.8 Å². The molecule has 0 amide bonds. The fraction of sp³-hybridized carbons (Fsp3) is 0.0588. The number of hydrogen-bond donors (Lipinski definition) is 0. The first-order valence-electron chi connectivity index (χ1n) is 18.1. The highest BCUT2D eigenvalue weighted by Crippen LogP contribution is 2.59. The summed E-state index contributed by atoms with van der Waals surface area (Å²) in [4.78, 5) is 2.46. The third-order valence-corrected chi connectivity index (χ3v) is 10.8. The van der Waals surface area contributed by atoms with Crippen LogP contribution in [-0.2, 0) is 5.41 Å². The molecule has 0 saturated heterocycles. The van der Waals surface area contributed by atoms with Crippen LogP contribution < -0.4 is 4.90 Å². The van der Waals surface area contributed by atoms with Crippen molar-refractivity contribution in [3.8, 4) is 33.4 Å². The van der Waals surface area contributed by atoms with E-state index in [2.05, 4.69) is 219 Å². The van der Waals surface area contributed by atoms with E-state index in [4.69, 9.17) is 0 Å². The zero-order valence-electron chi connectivity index (χ0n) is 29.5. The SMILES string of the molecule is Cc1cccc(N(c2ccccc2)c2ccccc2-c2ccccc2)c1-c1c(C)cccc1C1(c2ccccc2)c2ccccc2-c2ccccc21. The maximum atomic E-state index is 2.46. The van der Waals surface area contributed by atoms with Gasteiger partial charge in [-0.15, -0.1) is 0 Å². The van der Waals surface area contributed by atoms with E-state index in [-0.39, 0.29) is 0 Å². The van der Waals surface area contributed by atoms with Crippen molar-refractivity contribution in [3.05, 3.63) is 234 Å². The summed E-state index contributed by atoms with van der Waals surface area (Å²) in [5.41, 5.74) is 18.0. The molecule has 8 aromatic rings. The summed E-state index contributed by atoms with van der Waals surface area (Å²) in [6.45, 7) is 4.55. The van der Waals surface area contributed by atoms with Crippen LogP contribution in [0.4, 0.5) is 17.1 Å². The zero-order chi connectivity index (χ0) is 35.1. The predicted molar refractivity (Wildman–Crippen MR) is 219 cm³/mol. The van der Waals surface area contributed by atoms with Gasteiger partial charge >= 0.3 is 0 Å². The van der Waals surface area contributed by atoms with Crippen LogP contribution in [0.2, 0.25) is 0 Å². The monoisotopic (exact) mass is 665 g/mol. The maximum Gasteiger partial charge on any atom is 0.0719 e. The summed E-state index contributed by atoms with van der Waals surface area (Å²) < 4.78 is 0. The Bertz CT molecular complexity index is 2490. The largest absolute Gasteiger partial charge is 0.309 e. The van der Waals surface area contributed by atoms with Crippen molar-refractivity contribution in [2.75, 3.05) is 4.90 Å². The average Bonchev–Trinajstić information content (AvgIpc) is 3.51. The Balaban J connectivity index is 1.39. The van der Waals surface area contributed by atoms with E-state index < -0.39 is 5.41 Å². The smallest absolute Gasteiger partial charge is 0.0719 e. The second-order valence-corrected chi connectivity index (χ2v) is 13.7. The van der Waals surface area contributed by atoms with Gasteiger partial charge in [0.15, 0.2) is 0 Å². The molecule has 8 aromatic carbocycles. The van der Waals surface area contributed by atoms with Gasteiger partial charge in [-0.1, -0.05) is 176 Å². The van der Waals surface area contributed by atoms with Crippen LogP contribution in [-0.4, -0.2) is 0 Å². The van der Waals surface area contributed by atoms with Crippen LogP contribution in [0.3, 0.4) is 0 Å². The molecule has 9 rings (SSSR count). The van der Waals surface area contributed by atoms with Crippen LogP contribution in [0, 0.1) is 13.8 Å². The van der Waals surface area contributed by atoms with Crippen molar-refractivity contribution in [1.29, 1.82) is 0 Å². The molecular formula is C51H39N. The number of anilines is 3. The molecular weight excluding hydrogens is 627 g/mol. The molecule has 0 bridgehead atoms. The molecule has 1 heteroatoms. The van der Waals surface area contributed by atoms with Crippen molar-refractivity contribution in [2.45, 2.75) is 19.3 Å². The van der Waals surface area contributed by atoms with Gasteiger partial charge in [0.2, 0.25) is 0 Å². The summed E-state index contributed by atoms with van der Waals surface area (Å²) in [6.07, 6.45) is 0. The summed E-state index contributed by atoms with van der Waals surface area (Å²) in [7, 11) is 0. The fourth-order valence-electron chi connectivity index (χ4n) is 8.67. The van der Waals surface area contributed by atoms with Gasteiger partial charge in [0, 0.05) is 16.8 Å². The quantitative estimate of drug-likeness (QED) is 0.164. The second kappa shape index (κ2) is 13.0. The van der Waals surface area contributed by atoms with Crippen LogP contribution in [0.25, 0.3) is 33.4 Å². The number of hydrogen-bond acceptors (Lipinski definition) is 1.